The van der Waals surface area contributed by atoms with E-state index in [1.165, 1.54) is 5.69 Å². The second-order valence-corrected chi connectivity index (χ2v) is 3.95. The summed E-state index contributed by atoms with van der Waals surface area (Å²) in [5.74, 6) is 0. The Kier molecular flexibility index (Phi) is 3.37. The predicted octanol–water partition coefficient (Wildman–Crippen LogP) is 2.15. The second kappa shape index (κ2) is 4.94. The summed E-state index contributed by atoms with van der Waals surface area (Å²) in [5.41, 5.74) is 8.31. The normalized spacial score (nSPS) is 12.6. The van der Waals surface area contributed by atoms with Crippen LogP contribution in [0.3, 0.4) is 0 Å². The van der Waals surface area contributed by atoms with Crippen LogP contribution in [0.2, 0.25) is 0 Å². The topological polar surface area (TPSA) is 43.8 Å². The molecule has 0 spiro atoms. The molecule has 2 N–H and O–H groups in total. The van der Waals surface area contributed by atoms with Crippen LogP contribution in [0.4, 0.5) is 0 Å². The van der Waals surface area contributed by atoms with Crippen molar-refractivity contribution in [3.63, 3.8) is 0 Å². The van der Waals surface area contributed by atoms with Crippen LogP contribution in [0.25, 0.3) is 5.69 Å². The van der Waals surface area contributed by atoms with E-state index in [-0.39, 0.29) is 6.04 Å². The maximum Gasteiger partial charge on any atom is 0.0635 e. The van der Waals surface area contributed by atoms with Crippen LogP contribution in [0.1, 0.15) is 19.0 Å². The van der Waals surface area contributed by atoms with Gasteiger partial charge in [-0.25, -0.2) is 0 Å². The fourth-order valence-corrected chi connectivity index (χ4v) is 1.74. The average molecular weight is 215 g/mol. The SMILES string of the molecule is CCC(N)Cc1cccn1-c1cccnc1. The van der Waals surface area contributed by atoms with Gasteiger partial charge in [-0.2, -0.15) is 0 Å². The molecule has 2 aromatic rings. The Bertz CT molecular complexity index is 433. The molecule has 16 heavy (non-hydrogen) atoms. The smallest absolute Gasteiger partial charge is 0.0635 e. The summed E-state index contributed by atoms with van der Waals surface area (Å²) in [6, 6.07) is 8.38. The molecule has 3 heteroatoms. The fourth-order valence-electron chi connectivity index (χ4n) is 1.74. The first-order valence-corrected chi connectivity index (χ1v) is 5.63. The molecular formula is C13H17N3. The molecule has 2 rings (SSSR count). The largest absolute Gasteiger partial charge is 0.327 e. The first-order valence-electron chi connectivity index (χ1n) is 5.63. The number of nitrogens with two attached hydrogens (primary N) is 1. The van der Waals surface area contributed by atoms with E-state index < -0.39 is 0 Å². The Labute approximate surface area is 95.9 Å². The Morgan fingerprint density at radius 1 is 1.38 bits per heavy atom. The molecule has 2 heterocycles. The molecule has 0 aliphatic heterocycles. The van der Waals surface area contributed by atoms with E-state index in [1.807, 2.05) is 24.4 Å². The van der Waals surface area contributed by atoms with Crippen molar-refractivity contribution in [3.05, 3.63) is 48.5 Å². The highest BCUT2D eigenvalue weighted by molar-refractivity contribution is 5.32. The van der Waals surface area contributed by atoms with E-state index in [0.717, 1.165) is 18.5 Å². The van der Waals surface area contributed by atoms with Crippen molar-refractivity contribution in [1.82, 2.24) is 9.55 Å². The highest BCUT2D eigenvalue weighted by Gasteiger charge is 2.06. The summed E-state index contributed by atoms with van der Waals surface area (Å²) < 4.78 is 2.14. The van der Waals surface area contributed by atoms with Crippen LogP contribution in [-0.2, 0) is 6.42 Å². The zero-order valence-electron chi connectivity index (χ0n) is 9.50. The van der Waals surface area contributed by atoms with Crippen LogP contribution in [0, 0.1) is 0 Å². The van der Waals surface area contributed by atoms with Crippen LogP contribution in [0.15, 0.2) is 42.9 Å². The molecule has 84 valence electrons. The summed E-state index contributed by atoms with van der Waals surface area (Å²) in [5, 5.41) is 0. The molecule has 0 saturated carbocycles. The highest BCUT2D eigenvalue weighted by atomic mass is 15.0. The van der Waals surface area contributed by atoms with Crippen LogP contribution in [-0.4, -0.2) is 15.6 Å². The molecule has 1 atom stereocenters. The van der Waals surface area contributed by atoms with Gasteiger partial charge in [0.15, 0.2) is 0 Å². The van der Waals surface area contributed by atoms with Gasteiger partial charge in [-0.3, -0.25) is 4.98 Å². The van der Waals surface area contributed by atoms with Gasteiger partial charge in [0, 0.05) is 30.6 Å². The standard InChI is InChI=1S/C13H17N3/c1-2-11(14)9-12-6-4-8-16(12)13-5-3-7-15-10-13/h3-8,10-11H,2,9,14H2,1H3. The highest BCUT2D eigenvalue weighted by Crippen LogP contribution is 2.13. The predicted molar refractivity (Wildman–Crippen MR) is 65.5 cm³/mol. The van der Waals surface area contributed by atoms with Gasteiger partial charge in [0.05, 0.1) is 11.9 Å². The molecule has 2 aromatic heterocycles. The van der Waals surface area contributed by atoms with Crippen LogP contribution in [0.5, 0.6) is 0 Å². The molecule has 0 aromatic carbocycles. The lowest BCUT2D eigenvalue weighted by Crippen LogP contribution is -2.22. The van der Waals surface area contributed by atoms with Crippen LogP contribution >= 0.6 is 0 Å². The quantitative estimate of drug-likeness (QED) is 0.849. The molecule has 0 aliphatic rings. The lowest BCUT2D eigenvalue weighted by atomic mass is 10.1. The van der Waals surface area contributed by atoms with Gasteiger partial charge in [0.2, 0.25) is 0 Å². The third kappa shape index (κ3) is 2.31. The molecule has 0 saturated heterocycles. The fraction of sp³-hybridized carbons (Fsp3) is 0.308. The van der Waals surface area contributed by atoms with Gasteiger partial charge in [-0.05, 0) is 30.7 Å². The Balaban J connectivity index is 2.26. The minimum atomic E-state index is 0.227. The van der Waals surface area contributed by atoms with E-state index in [9.17, 15) is 0 Å². The molecule has 0 bridgehead atoms. The maximum absolute atomic E-state index is 5.98. The van der Waals surface area contributed by atoms with Crippen molar-refractivity contribution in [2.75, 3.05) is 0 Å². The molecule has 3 nitrogen and oxygen atoms in total. The van der Waals surface area contributed by atoms with Crippen LogP contribution < -0.4 is 5.73 Å². The van der Waals surface area contributed by atoms with E-state index in [2.05, 4.69) is 28.7 Å². The van der Waals surface area contributed by atoms with Crippen molar-refractivity contribution in [2.45, 2.75) is 25.8 Å². The number of hydrogen-bond donors (Lipinski definition) is 1. The van der Waals surface area contributed by atoms with Gasteiger partial charge < -0.3 is 10.3 Å². The van der Waals surface area contributed by atoms with E-state index in [0.29, 0.717) is 0 Å². The number of nitrogens with zero attached hydrogens (tertiary/aromatic N) is 2. The molecule has 0 aliphatic carbocycles. The first-order chi connectivity index (χ1) is 7.81. The maximum atomic E-state index is 5.98. The Hall–Kier alpha value is -1.61. The summed E-state index contributed by atoms with van der Waals surface area (Å²) in [7, 11) is 0. The Morgan fingerprint density at radius 3 is 2.94 bits per heavy atom. The van der Waals surface area contributed by atoms with Crippen molar-refractivity contribution in [2.24, 2.45) is 5.73 Å². The second-order valence-electron chi connectivity index (χ2n) is 3.95. The summed E-state index contributed by atoms with van der Waals surface area (Å²) in [4.78, 5) is 4.13. The van der Waals surface area contributed by atoms with Gasteiger partial charge in [0.1, 0.15) is 0 Å². The van der Waals surface area contributed by atoms with Gasteiger partial charge in [-0.1, -0.05) is 6.92 Å². The zero-order valence-corrected chi connectivity index (χ0v) is 9.50. The number of hydrogen-bond acceptors (Lipinski definition) is 2. The lowest BCUT2D eigenvalue weighted by Gasteiger charge is -2.12. The van der Waals surface area contributed by atoms with Crippen molar-refractivity contribution in [3.8, 4) is 5.69 Å². The first kappa shape index (κ1) is 10.9. The number of rotatable bonds is 4. The van der Waals surface area contributed by atoms with Gasteiger partial charge in [-0.15, -0.1) is 0 Å². The molecular weight excluding hydrogens is 198 g/mol. The minimum absolute atomic E-state index is 0.227. The van der Waals surface area contributed by atoms with E-state index >= 15 is 0 Å². The monoisotopic (exact) mass is 215 g/mol. The van der Waals surface area contributed by atoms with Crippen molar-refractivity contribution >= 4 is 0 Å². The average Bonchev–Trinajstić information content (AvgIpc) is 2.78. The number of pyridine rings is 1. The molecule has 0 radical (unpaired) electrons. The van der Waals surface area contributed by atoms with Crippen molar-refractivity contribution in [1.29, 1.82) is 0 Å². The van der Waals surface area contributed by atoms with Gasteiger partial charge >= 0.3 is 0 Å². The summed E-state index contributed by atoms with van der Waals surface area (Å²) in [6.45, 7) is 2.11. The third-order valence-corrected chi connectivity index (χ3v) is 2.75. The number of aromatic nitrogens is 2. The Morgan fingerprint density at radius 2 is 2.25 bits per heavy atom. The van der Waals surface area contributed by atoms with E-state index in [1.54, 1.807) is 6.20 Å². The van der Waals surface area contributed by atoms with E-state index in [4.69, 9.17) is 5.73 Å². The zero-order chi connectivity index (χ0) is 11.4. The summed E-state index contributed by atoms with van der Waals surface area (Å²) in [6.07, 6.45) is 7.59. The van der Waals surface area contributed by atoms with Crippen molar-refractivity contribution < 1.29 is 0 Å². The van der Waals surface area contributed by atoms with Gasteiger partial charge in [0.25, 0.3) is 0 Å². The third-order valence-electron chi connectivity index (χ3n) is 2.75. The molecule has 1 unspecified atom stereocenters. The summed E-state index contributed by atoms with van der Waals surface area (Å²) >= 11 is 0. The minimum Gasteiger partial charge on any atom is -0.327 e. The molecule has 0 amide bonds. The molecule has 0 fully saturated rings. The lowest BCUT2D eigenvalue weighted by molar-refractivity contribution is 0.630.